The van der Waals surface area contributed by atoms with E-state index < -0.39 is 0 Å². The number of allylic oxidation sites excluding steroid dienone is 1. The second-order valence-corrected chi connectivity index (χ2v) is 3.55. The Labute approximate surface area is 91.2 Å². The second-order valence-electron chi connectivity index (χ2n) is 3.55. The summed E-state index contributed by atoms with van der Waals surface area (Å²) in [5.41, 5.74) is 2.18. The molecule has 1 aromatic rings. The molecular weight excluding hydrogens is 188 g/mol. The van der Waals surface area contributed by atoms with Crippen molar-refractivity contribution in [1.29, 1.82) is 0 Å². The monoisotopic (exact) mass is 206 g/mol. The smallest absolute Gasteiger partial charge is 0.119 e. The molecule has 0 aliphatic rings. The molecule has 0 heterocycles. The van der Waals surface area contributed by atoms with Crippen molar-refractivity contribution in [3.05, 3.63) is 42.0 Å². The molecule has 0 radical (unpaired) electrons. The first kappa shape index (κ1) is 11.8. The molecule has 0 aliphatic heterocycles. The number of aryl methyl sites for hydroxylation is 1. The third kappa shape index (κ3) is 3.76. The van der Waals surface area contributed by atoms with Gasteiger partial charge in [-0.25, -0.2) is 0 Å². The Kier molecular flexibility index (Phi) is 4.91. The largest absolute Gasteiger partial charge is 0.508 e. The number of phenols is 1. The Bertz CT molecular complexity index is 318. The van der Waals surface area contributed by atoms with Gasteiger partial charge in [0.1, 0.15) is 5.75 Å². The van der Waals surface area contributed by atoms with Crippen LogP contribution in [0.1, 0.15) is 17.5 Å². The van der Waals surface area contributed by atoms with Gasteiger partial charge in [-0.15, -0.1) is 6.58 Å². The maximum Gasteiger partial charge on any atom is 0.119 e. The van der Waals surface area contributed by atoms with Crippen LogP contribution < -0.4 is 0 Å². The number of phenolic OH excluding ortho intramolecular Hbond substituents is 1. The molecule has 0 bridgehead atoms. The van der Waals surface area contributed by atoms with Gasteiger partial charge in [0.25, 0.3) is 0 Å². The highest BCUT2D eigenvalue weighted by Gasteiger charge is 2.01. The molecule has 0 atom stereocenters. The molecule has 0 fully saturated rings. The van der Waals surface area contributed by atoms with Crippen LogP contribution in [0.2, 0.25) is 0 Å². The fourth-order valence-corrected chi connectivity index (χ4v) is 1.53. The topological polar surface area (TPSA) is 29.5 Å². The summed E-state index contributed by atoms with van der Waals surface area (Å²) >= 11 is 0. The first-order chi connectivity index (χ1) is 7.27. The van der Waals surface area contributed by atoms with Crippen molar-refractivity contribution >= 4 is 0 Å². The van der Waals surface area contributed by atoms with Crippen molar-refractivity contribution in [2.75, 3.05) is 13.7 Å². The predicted octanol–water partition coefficient (Wildman–Crippen LogP) is 2.70. The normalized spacial score (nSPS) is 10.2. The highest BCUT2D eigenvalue weighted by atomic mass is 16.5. The van der Waals surface area contributed by atoms with Crippen LogP contribution in [0.25, 0.3) is 0 Å². The van der Waals surface area contributed by atoms with Gasteiger partial charge in [0.15, 0.2) is 0 Å². The zero-order valence-electron chi connectivity index (χ0n) is 9.20. The van der Waals surface area contributed by atoms with E-state index in [9.17, 15) is 5.11 Å². The molecule has 0 spiro atoms. The van der Waals surface area contributed by atoms with Gasteiger partial charge in [-0.05, 0) is 36.5 Å². The molecule has 1 rings (SSSR count). The lowest BCUT2D eigenvalue weighted by atomic mass is 10.0. The molecule has 0 aliphatic carbocycles. The van der Waals surface area contributed by atoms with Crippen LogP contribution in [0.15, 0.2) is 30.9 Å². The molecular formula is C13H18O2. The standard InChI is InChI=1S/C13H18O2/c1-3-5-12-10-11(6-4-9-15-2)7-8-13(12)14/h3,7-8,10,14H,1,4-6,9H2,2H3. The molecule has 0 unspecified atom stereocenters. The van der Waals surface area contributed by atoms with Gasteiger partial charge in [-0.3, -0.25) is 0 Å². The number of benzene rings is 1. The van der Waals surface area contributed by atoms with Crippen molar-refractivity contribution in [2.24, 2.45) is 0 Å². The minimum atomic E-state index is 0.352. The second kappa shape index (κ2) is 6.25. The zero-order valence-corrected chi connectivity index (χ0v) is 9.20. The summed E-state index contributed by atoms with van der Waals surface area (Å²) in [6, 6.07) is 5.74. The predicted molar refractivity (Wildman–Crippen MR) is 62.2 cm³/mol. The van der Waals surface area contributed by atoms with Crippen LogP contribution in [0.5, 0.6) is 5.75 Å². The Balaban J connectivity index is 2.65. The van der Waals surface area contributed by atoms with Gasteiger partial charge >= 0.3 is 0 Å². The first-order valence-corrected chi connectivity index (χ1v) is 5.18. The van der Waals surface area contributed by atoms with E-state index in [1.54, 1.807) is 19.3 Å². The molecule has 15 heavy (non-hydrogen) atoms. The van der Waals surface area contributed by atoms with E-state index in [2.05, 4.69) is 6.58 Å². The average Bonchev–Trinajstić information content (AvgIpc) is 2.23. The van der Waals surface area contributed by atoms with Crippen LogP contribution in [0, 0.1) is 0 Å². The lowest BCUT2D eigenvalue weighted by Crippen LogP contribution is -1.94. The summed E-state index contributed by atoms with van der Waals surface area (Å²) < 4.78 is 5.00. The van der Waals surface area contributed by atoms with Gasteiger partial charge in [0.2, 0.25) is 0 Å². The SMILES string of the molecule is C=CCc1cc(CCCOC)ccc1O. The Morgan fingerprint density at radius 2 is 2.27 bits per heavy atom. The van der Waals surface area contributed by atoms with Gasteiger partial charge in [0.05, 0.1) is 0 Å². The van der Waals surface area contributed by atoms with Crippen LogP contribution in [-0.4, -0.2) is 18.8 Å². The van der Waals surface area contributed by atoms with Crippen molar-refractivity contribution in [2.45, 2.75) is 19.3 Å². The quantitative estimate of drug-likeness (QED) is 0.573. The van der Waals surface area contributed by atoms with E-state index in [1.807, 2.05) is 12.1 Å². The van der Waals surface area contributed by atoms with Gasteiger partial charge in [-0.2, -0.15) is 0 Å². The van der Waals surface area contributed by atoms with Crippen molar-refractivity contribution in [3.8, 4) is 5.75 Å². The fraction of sp³-hybridized carbons (Fsp3) is 0.385. The van der Waals surface area contributed by atoms with Crippen molar-refractivity contribution in [1.82, 2.24) is 0 Å². The summed E-state index contributed by atoms with van der Waals surface area (Å²) in [6.45, 7) is 4.45. The van der Waals surface area contributed by atoms with Crippen LogP contribution in [0.4, 0.5) is 0 Å². The van der Waals surface area contributed by atoms with Gasteiger partial charge < -0.3 is 9.84 Å². The Morgan fingerprint density at radius 1 is 1.47 bits per heavy atom. The first-order valence-electron chi connectivity index (χ1n) is 5.18. The molecule has 0 saturated carbocycles. The molecule has 2 nitrogen and oxygen atoms in total. The van der Waals surface area contributed by atoms with Crippen molar-refractivity contribution < 1.29 is 9.84 Å². The summed E-state index contributed by atoms with van der Waals surface area (Å²) in [7, 11) is 1.71. The number of hydrogen-bond acceptors (Lipinski definition) is 2. The maximum absolute atomic E-state index is 9.57. The van der Waals surface area contributed by atoms with E-state index in [1.165, 1.54) is 5.56 Å². The number of ether oxygens (including phenoxy) is 1. The lowest BCUT2D eigenvalue weighted by Gasteiger charge is -2.06. The molecule has 82 valence electrons. The molecule has 0 saturated heterocycles. The molecule has 0 aromatic heterocycles. The molecule has 1 N–H and O–H groups in total. The van der Waals surface area contributed by atoms with Crippen LogP contribution >= 0.6 is 0 Å². The van der Waals surface area contributed by atoms with E-state index in [-0.39, 0.29) is 0 Å². The van der Waals surface area contributed by atoms with Crippen LogP contribution in [0.3, 0.4) is 0 Å². The maximum atomic E-state index is 9.57. The number of rotatable bonds is 6. The average molecular weight is 206 g/mol. The Hall–Kier alpha value is -1.28. The number of methoxy groups -OCH3 is 1. The molecule has 0 amide bonds. The summed E-state index contributed by atoms with van der Waals surface area (Å²) in [5.74, 6) is 0.352. The van der Waals surface area contributed by atoms with Gasteiger partial charge in [-0.1, -0.05) is 18.2 Å². The number of hydrogen-bond donors (Lipinski definition) is 1. The minimum absolute atomic E-state index is 0.352. The fourth-order valence-electron chi connectivity index (χ4n) is 1.53. The summed E-state index contributed by atoms with van der Waals surface area (Å²) in [6.07, 6.45) is 4.50. The summed E-state index contributed by atoms with van der Waals surface area (Å²) in [4.78, 5) is 0. The zero-order chi connectivity index (χ0) is 11.1. The van der Waals surface area contributed by atoms with E-state index in [0.29, 0.717) is 12.2 Å². The van der Waals surface area contributed by atoms with Crippen molar-refractivity contribution in [3.63, 3.8) is 0 Å². The molecule has 1 aromatic carbocycles. The number of aromatic hydroxyl groups is 1. The Morgan fingerprint density at radius 3 is 2.93 bits per heavy atom. The molecule has 2 heteroatoms. The highest BCUT2D eigenvalue weighted by Crippen LogP contribution is 2.20. The third-order valence-corrected chi connectivity index (χ3v) is 2.32. The van der Waals surface area contributed by atoms with Gasteiger partial charge in [0, 0.05) is 13.7 Å². The van der Waals surface area contributed by atoms with E-state index >= 15 is 0 Å². The third-order valence-electron chi connectivity index (χ3n) is 2.32. The minimum Gasteiger partial charge on any atom is -0.508 e. The highest BCUT2D eigenvalue weighted by molar-refractivity contribution is 5.37. The van der Waals surface area contributed by atoms with E-state index in [4.69, 9.17) is 4.74 Å². The van der Waals surface area contributed by atoms with Crippen LogP contribution in [-0.2, 0) is 17.6 Å². The summed E-state index contributed by atoms with van der Waals surface area (Å²) in [5, 5.41) is 9.57. The lowest BCUT2D eigenvalue weighted by molar-refractivity contribution is 0.195. The van der Waals surface area contributed by atoms with E-state index in [0.717, 1.165) is 25.0 Å².